The van der Waals surface area contributed by atoms with Crippen molar-refractivity contribution in [3.63, 3.8) is 0 Å². The molecule has 1 aliphatic heterocycles. The quantitative estimate of drug-likeness (QED) is 0.801. The van der Waals surface area contributed by atoms with Gasteiger partial charge in [0, 0.05) is 12.6 Å². The molecule has 0 saturated carbocycles. The predicted octanol–water partition coefficient (Wildman–Crippen LogP) is 3.99. The molecular weight excluding hydrogens is 234 g/mol. The molecule has 1 saturated heterocycles. The molecule has 1 aromatic rings. The average Bonchev–Trinajstić information content (AvgIpc) is 2.92. The maximum Gasteiger partial charge on any atom is 0.0576 e. The number of nitrogens with one attached hydrogen (secondary N) is 1. The molecule has 0 radical (unpaired) electrons. The van der Waals surface area contributed by atoms with Crippen molar-refractivity contribution < 1.29 is 4.74 Å². The molecule has 0 aromatic heterocycles. The molecule has 2 atom stereocenters. The van der Waals surface area contributed by atoms with E-state index in [1.807, 2.05) is 0 Å². The first-order chi connectivity index (χ1) is 9.29. The normalized spacial score (nSPS) is 20.6. The van der Waals surface area contributed by atoms with E-state index in [0.717, 1.165) is 13.2 Å². The van der Waals surface area contributed by atoms with Crippen LogP contribution in [0.3, 0.4) is 0 Å². The first-order valence-corrected chi connectivity index (χ1v) is 7.71. The molecule has 1 fully saturated rings. The van der Waals surface area contributed by atoms with Gasteiger partial charge in [-0.15, -0.1) is 0 Å². The molecule has 1 aliphatic rings. The third kappa shape index (κ3) is 4.63. The van der Waals surface area contributed by atoms with Crippen LogP contribution in [-0.2, 0) is 4.74 Å². The van der Waals surface area contributed by atoms with Crippen molar-refractivity contribution in [3.05, 3.63) is 35.4 Å². The van der Waals surface area contributed by atoms with Gasteiger partial charge in [0.15, 0.2) is 0 Å². The second-order valence-corrected chi connectivity index (χ2v) is 5.63. The lowest BCUT2D eigenvalue weighted by molar-refractivity contribution is 0.0996. The zero-order chi connectivity index (χ0) is 13.5. The second-order valence-electron chi connectivity index (χ2n) is 5.63. The third-order valence-electron chi connectivity index (χ3n) is 3.89. The van der Waals surface area contributed by atoms with Crippen LogP contribution in [0.2, 0.25) is 0 Å². The van der Waals surface area contributed by atoms with Crippen LogP contribution in [-0.4, -0.2) is 19.3 Å². The van der Waals surface area contributed by atoms with Crippen LogP contribution >= 0.6 is 0 Å². The minimum atomic E-state index is 0.476. The molecule has 2 unspecified atom stereocenters. The van der Waals surface area contributed by atoms with Gasteiger partial charge in [-0.3, -0.25) is 0 Å². The fraction of sp³-hybridized carbons (Fsp3) is 0.647. The Hall–Kier alpha value is -0.860. The highest BCUT2D eigenvalue weighted by molar-refractivity contribution is 5.25. The van der Waals surface area contributed by atoms with Crippen LogP contribution in [0.4, 0.5) is 0 Å². The Kier molecular flexibility index (Phi) is 5.87. The molecule has 0 spiro atoms. The van der Waals surface area contributed by atoms with E-state index in [-0.39, 0.29) is 0 Å². The Morgan fingerprint density at radius 2 is 2.32 bits per heavy atom. The van der Waals surface area contributed by atoms with Gasteiger partial charge in [-0.2, -0.15) is 0 Å². The molecule has 0 aliphatic carbocycles. The van der Waals surface area contributed by atoms with Crippen molar-refractivity contribution in [2.75, 3.05) is 13.2 Å². The predicted molar refractivity (Wildman–Crippen MR) is 80.4 cm³/mol. The highest BCUT2D eigenvalue weighted by atomic mass is 16.5. The van der Waals surface area contributed by atoms with E-state index in [1.54, 1.807) is 0 Å². The number of ether oxygens (including phenoxy) is 1. The fourth-order valence-electron chi connectivity index (χ4n) is 2.82. The summed E-state index contributed by atoms with van der Waals surface area (Å²) < 4.78 is 5.74. The van der Waals surface area contributed by atoms with Gasteiger partial charge in [0.05, 0.1) is 6.10 Å². The summed E-state index contributed by atoms with van der Waals surface area (Å²) in [6.45, 7) is 6.44. The van der Waals surface area contributed by atoms with E-state index in [1.165, 1.54) is 43.2 Å². The number of aryl methyl sites for hydroxylation is 1. The summed E-state index contributed by atoms with van der Waals surface area (Å²) in [6, 6.07) is 9.36. The smallest absolute Gasteiger partial charge is 0.0576 e. The summed E-state index contributed by atoms with van der Waals surface area (Å²) in [6.07, 6.45) is 6.51. The molecule has 2 rings (SSSR count). The highest BCUT2D eigenvalue weighted by Crippen LogP contribution is 2.24. The Morgan fingerprint density at radius 3 is 3.00 bits per heavy atom. The zero-order valence-corrected chi connectivity index (χ0v) is 12.3. The molecule has 19 heavy (non-hydrogen) atoms. The molecule has 0 amide bonds. The molecule has 2 nitrogen and oxygen atoms in total. The van der Waals surface area contributed by atoms with Gasteiger partial charge in [-0.05, 0) is 51.1 Å². The van der Waals surface area contributed by atoms with Crippen molar-refractivity contribution in [2.45, 2.75) is 58.1 Å². The molecular formula is C17H27NO. The Morgan fingerprint density at radius 1 is 1.42 bits per heavy atom. The topological polar surface area (TPSA) is 21.3 Å². The fourth-order valence-corrected chi connectivity index (χ4v) is 2.82. The van der Waals surface area contributed by atoms with E-state index >= 15 is 0 Å². The summed E-state index contributed by atoms with van der Waals surface area (Å²) in [7, 11) is 0. The van der Waals surface area contributed by atoms with Gasteiger partial charge in [0.1, 0.15) is 0 Å². The van der Waals surface area contributed by atoms with E-state index in [0.29, 0.717) is 12.1 Å². The first-order valence-electron chi connectivity index (χ1n) is 7.71. The molecule has 0 bridgehead atoms. The largest absolute Gasteiger partial charge is 0.378 e. The standard InChI is InChI=1S/C17H27NO/c1-3-11-18-17(10-9-16-8-5-12-19-16)15-7-4-6-14(2)13-15/h4,6-7,13,16-18H,3,5,8-12H2,1-2H3. The molecule has 1 heterocycles. The zero-order valence-electron chi connectivity index (χ0n) is 12.3. The van der Waals surface area contributed by atoms with Crippen LogP contribution in [0.15, 0.2) is 24.3 Å². The van der Waals surface area contributed by atoms with Crippen molar-refractivity contribution in [1.82, 2.24) is 5.32 Å². The number of hydrogen-bond acceptors (Lipinski definition) is 2. The van der Waals surface area contributed by atoms with E-state index in [2.05, 4.69) is 43.4 Å². The summed E-state index contributed by atoms with van der Waals surface area (Å²) in [5.41, 5.74) is 2.77. The van der Waals surface area contributed by atoms with Gasteiger partial charge >= 0.3 is 0 Å². The van der Waals surface area contributed by atoms with Gasteiger partial charge in [-0.25, -0.2) is 0 Å². The lowest BCUT2D eigenvalue weighted by Crippen LogP contribution is -2.23. The van der Waals surface area contributed by atoms with Gasteiger partial charge in [0.2, 0.25) is 0 Å². The lowest BCUT2D eigenvalue weighted by Gasteiger charge is -2.21. The average molecular weight is 261 g/mol. The number of hydrogen-bond donors (Lipinski definition) is 1. The van der Waals surface area contributed by atoms with Crippen LogP contribution in [0.1, 0.15) is 56.2 Å². The van der Waals surface area contributed by atoms with E-state index in [4.69, 9.17) is 4.74 Å². The van der Waals surface area contributed by atoms with E-state index < -0.39 is 0 Å². The van der Waals surface area contributed by atoms with Crippen molar-refractivity contribution in [2.24, 2.45) is 0 Å². The summed E-state index contributed by atoms with van der Waals surface area (Å²) in [5, 5.41) is 3.68. The minimum absolute atomic E-state index is 0.476. The number of benzene rings is 1. The van der Waals surface area contributed by atoms with Crippen LogP contribution in [0, 0.1) is 6.92 Å². The second kappa shape index (κ2) is 7.66. The van der Waals surface area contributed by atoms with E-state index in [9.17, 15) is 0 Å². The lowest BCUT2D eigenvalue weighted by atomic mass is 9.98. The summed E-state index contributed by atoms with van der Waals surface area (Å²) >= 11 is 0. The van der Waals surface area contributed by atoms with Crippen molar-refractivity contribution in [1.29, 1.82) is 0 Å². The molecule has 1 aromatic carbocycles. The first kappa shape index (κ1) is 14.5. The van der Waals surface area contributed by atoms with Crippen LogP contribution in [0.25, 0.3) is 0 Å². The Bertz CT molecular complexity index is 371. The SMILES string of the molecule is CCCNC(CCC1CCCO1)c1cccc(C)c1. The maximum atomic E-state index is 5.74. The van der Waals surface area contributed by atoms with Crippen LogP contribution < -0.4 is 5.32 Å². The third-order valence-corrected chi connectivity index (χ3v) is 3.89. The highest BCUT2D eigenvalue weighted by Gasteiger charge is 2.18. The molecule has 106 valence electrons. The summed E-state index contributed by atoms with van der Waals surface area (Å²) in [4.78, 5) is 0. The maximum absolute atomic E-state index is 5.74. The summed E-state index contributed by atoms with van der Waals surface area (Å²) in [5.74, 6) is 0. The Labute approximate surface area is 117 Å². The molecule has 1 N–H and O–H groups in total. The molecule has 2 heteroatoms. The van der Waals surface area contributed by atoms with Gasteiger partial charge < -0.3 is 10.1 Å². The van der Waals surface area contributed by atoms with Crippen LogP contribution in [0.5, 0.6) is 0 Å². The Balaban J connectivity index is 1.94. The number of rotatable bonds is 7. The van der Waals surface area contributed by atoms with Crippen molar-refractivity contribution in [3.8, 4) is 0 Å². The van der Waals surface area contributed by atoms with Gasteiger partial charge in [-0.1, -0.05) is 36.8 Å². The monoisotopic (exact) mass is 261 g/mol. The minimum Gasteiger partial charge on any atom is -0.378 e. The van der Waals surface area contributed by atoms with Gasteiger partial charge in [0.25, 0.3) is 0 Å². The van der Waals surface area contributed by atoms with Crippen molar-refractivity contribution >= 4 is 0 Å².